The average molecular weight is 481 g/mol. The molecule has 0 N–H and O–H groups in total. The van der Waals surface area contributed by atoms with Crippen molar-refractivity contribution in [1.82, 2.24) is 4.90 Å². The second-order valence-corrected chi connectivity index (χ2v) is 16.1. The second kappa shape index (κ2) is 8.92. The average Bonchev–Trinajstić information content (AvgIpc) is 3.51. The molecule has 1 unspecified atom stereocenters. The van der Waals surface area contributed by atoms with Crippen LogP contribution in [0.4, 0.5) is 0 Å². The molecule has 3 aromatic carbocycles. The van der Waals surface area contributed by atoms with Gasteiger partial charge in [-0.15, -0.1) is 6.58 Å². The molecule has 3 aromatic rings. The first-order valence-electron chi connectivity index (χ1n) is 12.6. The van der Waals surface area contributed by atoms with Gasteiger partial charge in [-0.25, -0.2) is 4.99 Å². The van der Waals surface area contributed by atoms with Gasteiger partial charge in [-0.2, -0.15) is 0 Å². The summed E-state index contributed by atoms with van der Waals surface area (Å²) in [5, 5.41) is 0. The Morgan fingerprint density at radius 2 is 1.37 bits per heavy atom. The van der Waals surface area contributed by atoms with Crippen molar-refractivity contribution in [1.29, 1.82) is 0 Å². The SMILES string of the molecule is C=CC[Si](C)(C)[C@H]1[C@@H](C2=NC(C)(C)CO2)N1C(c1ccccc1)(c1ccccc1)c1ccccc1. The minimum absolute atomic E-state index is 0.138. The molecule has 0 bridgehead atoms. The first-order chi connectivity index (χ1) is 16.8. The van der Waals surface area contributed by atoms with E-state index in [1.54, 1.807) is 0 Å². The lowest BCUT2D eigenvalue weighted by atomic mass is 9.76. The Labute approximate surface area is 211 Å². The molecule has 1 saturated heterocycles. The lowest BCUT2D eigenvalue weighted by molar-refractivity contribution is 0.263. The van der Waals surface area contributed by atoms with Crippen LogP contribution in [0.3, 0.4) is 0 Å². The molecule has 0 aromatic heterocycles. The summed E-state index contributed by atoms with van der Waals surface area (Å²) >= 11 is 0. The quantitative estimate of drug-likeness (QED) is 0.156. The molecule has 0 spiro atoms. The molecule has 0 saturated carbocycles. The van der Waals surface area contributed by atoms with E-state index in [1.165, 1.54) is 16.7 Å². The van der Waals surface area contributed by atoms with E-state index in [0.717, 1.165) is 11.9 Å². The number of ether oxygens (including phenoxy) is 1. The summed E-state index contributed by atoms with van der Waals surface area (Å²) in [6, 6.07) is 34.1. The van der Waals surface area contributed by atoms with E-state index < -0.39 is 13.6 Å². The third-order valence-corrected chi connectivity index (χ3v) is 11.0. The molecule has 35 heavy (non-hydrogen) atoms. The maximum Gasteiger partial charge on any atom is 0.203 e. The molecule has 0 radical (unpaired) electrons. The predicted octanol–water partition coefficient (Wildman–Crippen LogP) is 6.67. The molecule has 0 amide bonds. The molecular formula is C31H36N2OSi. The van der Waals surface area contributed by atoms with E-state index in [4.69, 9.17) is 9.73 Å². The molecular weight excluding hydrogens is 444 g/mol. The summed E-state index contributed by atoms with van der Waals surface area (Å²) in [5.41, 5.74) is 3.54. The molecule has 3 atom stereocenters. The van der Waals surface area contributed by atoms with Gasteiger partial charge in [0.05, 0.1) is 19.2 Å². The standard InChI is InChI=1S/C31H36N2OSi/c1-6-22-35(4,5)29-27(28-32-30(2,3)23-34-28)33(29)31(24-16-10-7-11-17-24,25-18-12-8-13-19-25)26-20-14-9-15-21-26/h6-21,27,29H,1,22-23H2,2-5H3/t27-,29+,33?/m1/s1. The largest absolute Gasteiger partial charge is 0.477 e. The Kier molecular flexibility index (Phi) is 6.06. The molecule has 0 aliphatic carbocycles. The Bertz CT molecular complexity index is 1110. The maximum atomic E-state index is 6.33. The minimum atomic E-state index is -1.77. The zero-order chi connectivity index (χ0) is 24.7. The van der Waals surface area contributed by atoms with Gasteiger partial charge in [0, 0.05) is 5.67 Å². The van der Waals surface area contributed by atoms with Gasteiger partial charge in [0.15, 0.2) is 0 Å². The van der Waals surface area contributed by atoms with Crippen LogP contribution in [0.5, 0.6) is 0 Å². The van der Waals surface area contributed by atoms with Crippen LogP contribution in [0, 0.1) is 0 Å². The summed E-state index contributed by atoms with van der Waals surface area (Å²) in [6.07, 6.45) is 2.11. The number of nitrogens with zero attached hydrogens (tertiary/aromatic N) is 2. The molecule has 180 valence electrons. The van der Waals surface area contributed by atoms with Crippen LogP contribution in [0.2, 0.25) is 19.1 Å². The fourth-order valence-electron chi connectivity index (χ4n) is 5.95. The van der Waals surface area contributed by atoms with Gasteiger partial charge in [-0.05, 0) is 36.6 Å². The molecule has 3 nitrogen and oxygen atoms in total. The summed E-state index contributed by atoms with van der Waals surface area (Å²) in [6.45, 7) is 14.0. The Morgan fingerprint density at radius 1 is 0.914 bits per heavy atom. The number of allylic oxidation sites excluding steroid dienone is 1. The van der Waals surface area contributed by atoms with E-state index in [9.17, 15) is 0 Å². The van der Waals surface area contributed by atoms with Crippen molar-refractivity contribution in [2.75, 3.05) is 6.61 Å². The predicted molar refractivity (Wildman–Crippen MR) is 149 cm³/mol. The normalized spacial score (nSPS) is 23.3. The number of rotatable bonds is 8. The van der Waals surface area contributed by atoms with Crippen LogP contribution in [0.1, 0.15) is 30.5 Å². The van der Waals surface area contributed by atoms with Gasteiger partial charge >= 0.3 is 0 Å². The zero-order valence-corrected chi connectivity index (χ0v) is 22.3. The van der Waals surface area contributed by atoms with Crippen molar-refractivity contribution in [3.8, 4) is 0 Å². The number of hydrogen-bond acceptors (Lipinski definition) is 3. The lowest BCUT2D eigenvalue weighted by Gasteiger charge is -2.40. The highest BCUT2D eigenvalue weighted by Crippen LogP contribution is 2.55. The van der Waals surface area contributed by atoms with Gasteiger partial charge in [0.25, 0.3) is 0 Å². The summed E-state index contributed by atoms with van der Waals surface area (Å²) < 4.78 is 6.33. The summed E-state index contributed by atoms with van der Waals surface area (Å²) in [4.78, 5) is 7.81. The summed E-state index contributed by atoms with van der Waals surface area (Å²) in [7, 11) is -1.77. The van der Waals surface area contributed by atoms with Crippen molar-refractivity contribution < 1.29 is 4.74 Å². The second-order valence-electron chi connectivity index (χ2n) is 11.1. The summed E-state index contributed by atoms with van der Waals surface area (Å²) in [5.74, 6) is 0.900. The van der Waals surface area contributed by atoms with Crippen LogP contribution >= 0.6 is 0 Å². The van der Waals surface area contributed by atoms with Crippen LogP contribution in [-0.2, 0) is 10.3 Å². The van der Waals surface area contributed by atoms with Crippen molar-refractivity contribution in [2.24, 2.45) is 4.99 Å². The number of hydrogen-bond donors (Lipinski definition) is 0. The number of benzene rings is 3. The van der Waals surface area contributed by atoms with E-state index >= 15 is 0 Å². The van der Waals surface area contributed by atoms with Crippen LogP contribution < -0.4 is 0 Å². The fourth-order valence-corrected chi connectivity index (χ4v) is 9.11. The minimum Gasteiger partial charge on any atom is -0.477 e. The van der Waals surface area contributed by atoms with E-state index in [1.807, 2.05) is 0 Å². The third kappa shape index (κ3) is 4.09. The highest BCUT2D eigenvalue weighted by atomic mass is 28.3. The third-order valence-electron chi connectivity index (χ3n) is 7.48. The number of aliphatic imine (C=N–C) groups is 1. The van der Waals surface area contributed by atoms with Crippen LogP contribution in [0.25, 0.3) is 0 Å². The smallest absolute Gasteiger partial charge is 0.203 e. The van der Waals surface area contributed by atoms with Gasteiger partial charge in [-0.3, -0.25) is 4.90 Å². The fraction of sp³-hybridized carbons (Fsp3) is 0.323. The monoisotopic (exact) mass is 480 g/mol. The van der Waals surface area contributed by atoms with E-state index in [-0.39, 0.29) is 11.6 Å². The Balaban J connectivity index is 1.79. The molecule has 5 rings (SSSR count). The zero-order valence-electron chi connectivity index (χ0n) is 21.3. The highest BCUT2D eigenvalue weighted by molar-refractivity contribution is 6.80. The van der Waals surface area contributed by atoms with Crippen molar-refractivity contribution in [3.63, 3.8) is 0 Å². The molecule has 4 heteroatoms. The first-order valence-corrected chi connectivity index (χ1v) is 15.9. The van der Waals surface area contributed by atoms with Gasteiger partial charge in [-0.1, -0.05) is 110 Å². The maximum absolute atomic E-state index is 6.33. The lowest BCUT2D eigenvalue weighted by Crippen LogP contribution is -2.44. The Morgan fingerprint density at radius 3 is 1.74 bits per heavy atom. The molecule has 1 fully saturated rings. The highest BCUT2D eigenvalue weighted by Gasteiger charge is 2.68. The molecule has 2 aliphatic rings. The molecule has 2 heterocycles. The Hall–Kier alpha value is -2.95. The van der Waals surface area contributed by atoms with Crippen molar-refractivity contribution in [2.45, 2.75) is 55.8 Å². The van der Waals surface area contributed by atoms with E-state index in [0.29, 0.717) is 12.3 Å². The molecule has 2 aliphatic heterocycles. The van der Waals surface area contributed by atoms with Crippen molar-refractivity contribution in [3.05, 3.63) is 120 Å². The van der Waals surface area contributed by atoms with Gasteiger partial charge in [0.1, 0.15) is 12.6 Å². The van der Waals surface area contributed by atoms with Gasteiger partial charge < -0.3 is 4.74 Å². The van der Waals surface area contributed by atoms with Crippen molar-refractivity contribution >= 4 is 14.0 Å². The topological polar surface area (TPSA) is 24.6 Å². The van der Waals surface area contributed by atoms with Gasteiger partial charge in [0.2, 0.25) is 5.90 Å². The van der Waals surface area contributed by atoms with E-state index in [2.05, 4.69) is 135 Å². The van der Waals surface area contributed by atoms with Crippen LogP contribution in [-0.4, -0.2) is 42.7 Å². The van der Waals surface area contributed by atoms with Crippen LogP contribution in [0.15, 0.2) is 109 Å². The first kappa shape index (κ1) is 23.8.